The molecule has 1 heterocycles. The van der Waals surface area contributed by atoms with E-state index in [1.165, 1.54) is 31.0 Å². The summed E-state index contributed by atoms with van der Waals surface area (Å²) in [6.07, 6.45) is 1.62. The van der Waals surface area contributed by atoms with Crippen LogP contribution in [0.2, 0.25) is 5.02 Å². The molecular weight excluding hydrogens is 467 g/mol. The third kappa shape index (κ3) is 4.99. The Balaban J connectivity index is 1.72. The van der Waals surface area contributed by atoms with Crippen molar-refractivity contribution in [2.75, 3.05) is 24.9 Å². The van der Waals surface area contributed by atoms with Crippen LogP contribution in [-0.4, -0.2) is 30.0 Å². The summed E-state index contributed by atoms with van der Waals surface area (Å²) >= 11 is 9.39. The molecule has 0 spiro atoms. The third-order valence-corrected chi connectivity index (χ3v) is 4.92. The van der Waals surface area contributed by atoms with Gasteiger partial charge in [-0.1, -0.05) is 17.7 Å². The summed E-state index contributed by atoms with van der Waals surface area (Å²) in [6.45, 7) is 0.111. The molecule has 152 valence electrons. The van der Waals surface area contributed by atoms with Crippen molar-refractivity contribution in [1.82, 2.24) is 9.78 Å². The number of benzene rings is 2. The molecule has 0 bridgehead atoms. The second kappa shape index (κ2) is 9.15. The van der Waals surface area contributed by atoms with Crippen molar-refractivity contribution in [1.29, 1.82) is 0 Å². The van der Waals surface area contributed by atoms with E-state index in [4.69, 9.17) is 21.1 Å². The van der Waals surface area contributed by atoms with Gasteiger partial charge in [-0.2, -0.15) is 5.10 Å². The van der Waals surface area contributed by atoms with E-state index in [1.54, 1.807) is 30.5 Å². The summed E-state index contributed by atoms with van der Waals surface area (Å²) < 4.78 is 26.4. The summed E-state index contributed by atoms with van der Waals surface area (Å²) in [6, 6.07) is 8.94. The third-order valence-electron chi connectivity index (χ3n) is 3.99. The van der Waals surface area contributed by atoms with Crippen LogP contribution in [0.4, 0.5) is 20.7 Å². The van der Waals surface area contributed by atoms with E-state index in [-0.39, 0.29) is 12.4 Å². The Hall–Kier alpha value is -2.78. The first-order valence-corrected chi connectivity index (χ1v) is 9.54. The number of methoxy groups -OCH3 is 2. The fourth-order valence-corrected chi connectivity index (χ4v) is 3.21. The maximum atomic E-state index is 14.0. The first-order chi connectivity index (χ1) is 13.9. The van der Waals surface area contributed by atoms with E-state index in [0.717, 1.165) is 0 Å². The lowest BCUT2D eigenvalue weighted by Crippen LogP contribution is -2.20. The Labute approximate surface area is 179 Å². The molecule has 0 fully saturated rings. The van der Waals surface area contributed by atoms with Gasteiger partial charge in [0, 0.05) is 22.8 Å². The van der Waals surface area contributed by atoms with E-state index in [0.29, 0.717) is 32.2 Å². The van der Waals surface area contributed by atoms with Crippen LogP contribution in [0.5, 0.6) is 11.5 Å². The van der Waals surface area contributed by atoms with Crippen LogP contribution >= 0.6 is 27.5 Å². The number of aromatic nitrogens is 2. The van der Waals surface area contributed by atoms with Crippen molar-refractivity contribution in [2.24, 2.45) is 0 Å². The minimum Gasteiger partial charge on any atom is -0.497 e. The van der Waals surface area contributed by atoms with Gasteiger partial charge < -0.3 is 14.8 Å². The molecule has 3 aromatic rings. The second-order valence-electron chi connectivity index (χ2n) is 5.87. The predicted molar refractivity (Wildman–Crippen MR) is 113 cm³/mol. The average molecular weight is 484 g/mol. The molecule has 0 saturated carbocycles. The Bertz CT molecular complexity index is 1020. The molecule has 0 aliphatic rings. The first-order valence-electron chi connectivity index (χ1n) is 8.37. The number of urea groups is 1. The summed E-state index contributed by atoms with van der Waals surface area (Å²) in [5.74, 6) is 0.879. The molecule has 0 radical (unpaired) electrons. The zero-order chi connectivity index (χ0) is 21.0. The number of halogens is 3. The van der Waals surface area contributed by atoms with Crippen LogP contribution in [0.1, 0.15) is 5.56 Å². The number of carbonyl (C=O) groups is 1. The van der Waals surface area contributed by atoms with Crippen LogP contribution in [0.15, 0.2) is 47.1 Å². The molecule has 0 aliphatic carbocycles. The van der Waals surface area contributed by atoms with Gasteiger partial charge in [-0.15, -0.1) is 0 Å². The van der Waals surface area contributed by atoms with Crippen molar-refractivity contribution in [3.8, 4) is 11.5 Å². The summed E-state index contributed by atoms with van der Waals surface area (Å²) in [4.78, 5) is 12.4. The fraction of sp³-hybridized carbons (Fsp3) is 0.158. The van der Waals surface area contributed by atoms with Gasteiger partial charge in [0.05, 0.1) is 30.9 Å². The van der Waals surface area contributed by atoms with Gasteiger partial charge in [0.2, 0.25) is 0 Å². The lowest BCUT2D eigenvalue weighted by Gasteiger charge is -2.11. The van der Waals surface area contributed by atoms with Gasteiger partial charge in [0.1, 0.15) is 17.3 Å². The Morgan fingerprint density at radius 2 is 2.03 bits per heavy atom. The highest BCUT2D eigenvalue weighted by molar-refractivity contribution is 9.10. The second-order valence-corrected chi connectivity index (χ2v) is 7.13. The highest BCUT2D eigenvalue weighted by Gasteiger charge is 2.15. The predicted octanol–water partition coefficient (Wildman–Crippen LogP) is 5.15. The number of carbonyl (C=O) groups excluding carboxylic acids is 1. The Morgan fingerprint density at radius 3 is 2.72 bits per heavy atom. The summed E-state index contributed by atoms with van der Waals surface area (Å²) in [7, 11) is 3.03. The molecule has 10 heteroatoms. The normalized spacial score (nSPS) is 10.5. The minimum atomic E-state index is -0.525. The molecule has 0 atom stereocenters. The molecule has 7 nitrogen and oxygen atoms in total. The number of nitrogens with zero attached hydrogens (tertiary/aromatic N) is 2. The van der Waals surface area contributed by atoms with Crippen LogP contribution in [0, 0.1) is 5.82 Å². The number of anilines is 2. The van der Waals surface area contributed by atoms with Gasteiger partial charge in [0.25, 0.3) is 0 Å². The van der Waals surface area contributed by atoms with Gasteiger partial charge in [-0.25, -0.2) is 9.18 Å². The van der Waals surface area contributed by atoms with E-state index in [2.05, 4.69) is 31.7 Å². The minimum absolute atomic E-state index is 0.111. The topological polar surface area (TPSA) is 77.4 Å². The van der Waals surface area contributed by atoms with Gasteiger partial charge in [-0.3, -0.25) is 10.00 Å². The molecule has 3 rings (SSSR count). The monoisotopic (exact) mass is 482 g/mol. The van der Waals surface area contributed by atoms with Crippen molar-refractivity contribution < 1.29 is 18.7 Å². The smallest absolute Gasteiger partial charge is 0.325 e. The van der Waals surface area contributed by atoms with Crippen molar-refractivity contribution in [3.05, 3.63) is 63.5 Å². The molecule has 0 unspecified atom stereocenters. The van der Waals surface area contributed by atoms with E-state index < -0.39 is 11.8 Å². The van der Waals surface area contributed by atoms with Gasteiger partial charge in [0.15, 0.2) is 5.82 Å². The zero-order valence-corrected chi connectivity index (χ0v) is 17.8. The Kier molecular flexibility index (Phi) is 6.60. The Morgan fingerprint density at radius 1 is 1.24 bits per heavy atom. The molecule has 0 aliphatic heterocycles. The highest BCUT2D eigenvalue weighted by Crippen LogP contribution is 2.29. The van der Waals surface area contributed by atoms with Crippen LogP contribution in [0.3, 0.4) is 0 Å². The van der Waals surface area contributed by atoms with Gasteiger partial charge in [-0.05, 0) is 40.2 Å². The number of rotatable bonds is 6. The SMILES string of the molecule is COc1ccc(NC(=O)Nc2nn(Cc3c(F)cccc3Cl)cc2Br)c(OC)c1. The fourth-order valence-electron chi connectivity index (χ4n) is 2.57. The lowest BCUT2D eigenvalue weighted by atomic mass is 10.2. The van der Waals surface area contributed by atoms with Crippen LogP contribution < -0.4 is 20.1 Å². The zero-order valence-electron chi connectivity index (χ0n) is 15.5. The first kappa shape index (κ1) is 20.9. The van der Waals surface area contributed by atoms with Crippen LogP contribution in [-0.2, 0) is 6.54 Å². The molecule has 2 amide bonds. The van der Waals surface area contributed by atoms with Crippen molar-refractivity contribution in [2.45, 2.75) is 6.54 Å². The highest BCUT2D eigenvalue weighted by atomic mass is 79.9. The molecule has 2 aromatic carbocycles. The molecule has 1 aromatic heterocycles. The van der Waals surface area contributed by atoms with Crippen molar-refractivity contribution in [3.63, 3.8) is 0 Å². The largest absolute Gasteiger partial charge is 0.497 e. The lowest BCUT2D eigenvalue weighted by molar-refractivity contribution is 0.262. The molecule has 0 saturated heterocycles. The molecule has 29 heavy (non-hydrogen) atoms. The quantitative estimate of drug-likeness (QED) is 0.508. The number of hydrogen-bond acceptors (Lipinski definition) is 4. The van der Waals surface area contributed by atoms with E-state index in [1.807, 2.05) is 0 Å². The van der Waals surface area contributed by atoms with E-state index >= 15 is 0 Å². The van der Waals surface area contributed by atoms with Gasteiger partial charge >= 0.3 is 6.03 Å². The maximum Gasteiger partial charge on any atom is 0.325 e. The number of nitrogens with one attached hydrogen (secondary N) is 2. The average Bonchev–Trinajstić information content (AvgIpc) is 3.04. The number of amides is 2. The number of hydrogen-bond donors (Lipinski definition) is 2. The number of ether oxygens (including phenoxy) is 2. The standard InChI is InChI=1S/C19H17BrClFN4O3/c1-28-11-6-7-16(17(8-11)29-2)23-19(27)24-18-13(20)10-26(25-18)9-12-14(21)4-3-5-15(12)22/h3-8,10H,9H2,1-2H3,(H2,23,24,25,27). The maximum absolute atomic E-state index is 14.0. The molecule has 2 N–H and O–H groups in total. The summed E-state index contributed by atoms with van der Waals surface area (Å²) in [5.41, 5.74) is 0.766. The van der Waals surface area contributed by atoms with E-state index in [9.17, 15) is 9.18 Å². The molecular formula is C19H17BrClFN4O3. The van der Waals surface area contributed by atoms with Crippen molar-refractivity contribution >= 4 is 45.1 Å². The van der Waals surface area contributed by atoms with Crippen LogP contribution in [0.25, 0.3) is 0 Å². The summed E-state index contributed by atoms with van der Waals surface area (Å²) in [5, 5.41) is 9.88.